The molecule has 0 saturated heterocycles. The van der Waals surface area contributed by atoms with Crippen LogP contribution in [0.4, 0.5) is 0 Å². The summed E-state index contributed by atoms with van der Waals surface area (Å²) in [4.78, 5) is 0. The van der Waals surface area contributed by atoms with Crippen LogP contribution in [0.5, 0.6) is 0 Å². The van der Waals surface area contributed by atoms with E-state index in [1.54, 1.807) is 6.07 Å². The van der Waals surface area contributed by atoms with Crippen LogP contribution >= 0.6 is 0 Å². The maximum absolute atomic E-state index is 9.20. The van der Waals surface area contributed by atoms with E-state index >= 15 is 0 Å². The van der Waals surface area contributed by atoms with Gasteiger partial charge < -0.3 is 10.0 Å². The Hall–Kier alpha value is -1.31. The van der Waals surface area contributed by atoms with Gasteiger partial charge in [-0.15, -0.1) is 0 Å². The molecule has 1 aromatic carbocycles. The first kappa shape index (κ1) is 10.2. The molecule has 2 N–H and O–H groups in total. The zero-order chi connectivity index (χ0) is 11.0. The molecule has 1 aliphatic carbocycles. The minimum atomic E-state index is -1.49. The van der Waals surface area contributed by atoms with Crippen LogP contribution in [0.15, 0.2) is 12.1 Å². The Morgan fingerprint density at radius 2 is 2.07 bits per heavy atom. The lowest BCUT2D eigenvalue weighted by Crippen LogP contribution is -2.33. The van der Waals surface area contributed by atoms with Crippen LogP contribution in [0.1, 0.15) is 35.4 Å². The Labute approximate surface area is 89.1 Å². The summed E-state index contributed by atoms with van der Waals surface area (Å²) in [6, 6.07) is 5.46. The molecule has 4 heteroatoms. The van der Waals surface area contributed by atoms with Gasteiger partial charge in [0.25, 0.3) is 0 Å². The third-order valence-electron chi connectivity index (χ3n) is 2.91. The van der Waals surface area contributed by atoms with Crippen LogP contribution in [0, 0.1) is 18.3 Å². The van der Waals surface area contributed by atoms with Crippen molar-refractivity contribution in [3.05, 3.63) is 28.8 Å². The van der Waals surface area contributed by atoms with Crippen molar-refractivity contribution in [1.29, 1.82) is 5.26 Å². The van der Waals surface area contributed by atoms with Gasteiger partial charge in [-0.1, -0.05) is 0 Å². The lowest BCUT2D eigenvalue weighted by atomic mass is 9.74. The summed E-state index contributed by atoms with van der Waals surface area (Å²) in [5.41, 5.74) is 2.96. The Morgan fingerprint density at radius 3 is 2.53 bits per heavy atom. The van der Waals surface area contributed by atoms with Gasteiger partial charge in [-0.3, -0.25) is 0 Å². The normalized spacial score (nSPS) is 14.8. The van der Waals surface area contributed by atoms with Gasteiger partial charge in [0.05, 0.1) is 11.6 Å². The average molecular weight is 201 g/mol. The van der Waals surface area contributed by atoms with Crippen molar-refractivity contribution in [2.24, 2.45) is 0 Å². The second kappa shape index (κ2) is 3.69. The summed E-state index contributed by atoms with van der Waals surface area (Å²) in [6.45, 7) is 1.88. The fourth-order valence-electron chi connectivity index (χ4n) is 1.91. The van der Waals surface area contributed by atoms with E-state index in [9.17, 15) is 10.0 Å². The Morgan fingerprint density at radius 1 is 1.40 bits per heavy atom. The summed E-state index contributed by atoms with van der Waals surface area (Å²) >= 11 is 0. The van der Waals surface area contributed by atoms with Gasteiger partial charge >= 0.3 is 7.12 Å². The highest BCUT2D eigenvalue weighted by atomic mass is 16.4. The lowest BCUT2D eigenvalue weighted by Gasteiger charge is -2.10. The molecular formula is C11H12BNO2. The number of hydrogen-bond acceptors (Lipinski definition) is 3. The zero-order valence-corrected chi connectivity index (χ0v) is 8.57. The highest BCUT2D eigenvalue weighted by molar-refractivity contribution is 6.59. The van der Waals surface area contributed by atoms with Crippen LogP contribution in [-0.2, 0) is 0 Å². The second-order valence-corrected chi connectivity index (χ2v) is 4.04. The van der Waals surface area contributed by atoms with E-state index in [1.807, 2.05) is 13.0 Å². The van der Waals surface area contributed by atoms with E-state index in [4.69, 9.17) is 5.26 Å². The molecule has 0 aromatic heterocycles. The molecule has 0 bridgehead atoms. The molecule has 0 amide bonds. The highest BCUT2D eigenvalue weighted by Gasteiger charge is 2.28. The molecule has 1 aromatic rings. The minimum absolute atomic E-state index is 0.455. The molecule has 1 fully saturated rings. The standard InChI is InChI=1S/C11H12BNO2/c1-7-10(9-2-3-9)4-8(6-13)5-11(7)12(14)15/h4-5,9,14-15H,2-3H2,1H3. The monoisotopic (exact) mass is 201 g/mol. The first-order chi connectivity index (χ1) is 7.13. The molecule has 0 atom stereocenters. The molecule has 76 valence electrons. The number of hydrogen-bond donors (Lipinski definition) is 2. The molecule has 1 saturated carbocycles. The first-order valence-electron chi connectivity index (χ1n) is 5.04. The second-order valence-electron chi connectivity index (χ2n) is 4.04. The van der Waals surface area contributed by atoms with E-state index < -0.39 is 7.12 Å². The van der Waals surface area contributed by atoms with Gasteiger partial charge in [0.2, 0.25) is 0 Å². The summed E-state index contributed by atoms with van der Waals surface area (Å²) < 4.78 is 0. The molecule has 15 heavy (non-hydrogen) atoms. The van der Waals surface area contributed by atoms with E-state index in [-0.39, 0.29) is 0 Å². The first-order valence-corrected chi connectivity index (χ1v) is 5.04. The maximum atomic E-state index is 9.20. The SMILES string of the molecule is Cc1c(B(O)O)cc(C#N)cc1C1CC1. The topological polar surface area (TPSA) is 64.2 Å². The number of nitrogens with zero attached hydrogens (tertiary/aromatic N) is 1. The van der Waals surface area contributed by atoms with E-state index in [2.05, 4.69) is 6.07 Å². The van der Waals surface area contributed by atoms with Gasteiger partial charge in [-0.25, -0.2) is 0 Å². The van der Waals surface area contributed by atoms with Crippen LogP contribution in [0.3, 0.4) is 0 Å². The van der Waals surface area contributed by atoms with E-state index in [0.29, 0.717) is 16.9 Å². The van der Waals surface area contributed by atoms with Crippen molar-refractivity contribution in [2.45, 2.75) is 25.7 Å². The Bertz CT molecular complexity index is 410. The summed E-state index contributed by atoms with van der Waals surface area (Å²) in [5.74, 6) is 0.510. The molecule has 2 rings (SSSR count). The predicted molar refractivity (Wildman–Crippen MR) is 57.7 cm³/mol. The average Bonchev–Trinajstić information content (AvgIpc) is 3.01. The van der Waals surface area contributed by atoms with E-state index in [1.165, 1.54) is 0 Å². The summed E-state index contributed by atoms with van der Waals surface area (Å²) in [7, 11) is -1.49. The van der Waals surface area contributed by atoms with Crippen molar-refractivity contribution < 1.29 is 10.0 Å². The van der Waals surface area contributed by atoms with Crippen molar-refractivity contribution >= 4 is 12.6 Å². The number of nitriles is 1. The van der Waals surface area contributed by atoms with Crippen molar-refractivity contribution in [1.82, 2.24) is 0 Å². The third kappa shape index (κ3) is 1.89. The van der Waals surface area contributed by atoms with Crippen LogP contribution in [-0.4, -0.2) is 17.2 Å². The third-order valence-corrected chi connectivity index (χ3v) is 2.91. The van der Waals surface area contributed by atoms with Gasteiger partial charge in [-0.2, -0.15) is 5.26 Å². The lowest BCUT2D eigenvalue weighted by molar-refractivity contribution is 0.425. The van der Waals surface area contributed by atoms with E-state index in [0.717, 1.165) is 24.0 Å². The molecule has 1 aliphatic rings. The largest absolute Gasteiger partial charge is 0.488 e. The fraction of sp³-hybridized carbons (Fsp3) is 0.364. The molecule has 0 spiro atoms. The molecule has 0 aliphatic heterocycles. The van der Waals surface area contributed by atoms with Crippen LogP contribution < -0.4 is 5.46 Å². The summed E-state index contributed by atoms with van der Waals surface area (Å²) in [5, 5.41) is 27.2. The molecule has 0 unspecified atom stereocenters. The molecule has 0 heterocycles. The number of rotatable bonds is 2. The maximum Gasteiger partial charge on any atom is 0.488 e. The predicted octanol–water partition coefficient (Wildman–Crippen LogP) is 0.424. The van der Waals surface area contributed by atoms with Crippen LogP contribution in [0.2, 0.25) is 0 Å². The van der Waals surface area contributed by atoms with Gasteiger partial charge in [0.1, 0.15) is 0 Å². The fourth-order valence-corrected chi connectivity index (χ4v) is 1.91. The Kier molecular flexibility index (Phi) is 2.51. The van der Waals surface area contributed by atoms with Crippen molar-refractivity contribution in [3.8, 4) is 6.07 Å². The smallest absolute Gasteiger partial charge is 0.423 e. The Balaban J connectivity index is 2.55. The van der Waals surface area contributed by atoms with Crippen LogP contribution in [0.25, 0.3) is 0 Å². The molecular weight excluding hydrogens is 189 g/mol. The van der Waals surface area contributed by atoms with Gasteiger partial charge in [-0.05, 0) is 54.4 Å². The van der Waals surface area contributed by atoms with Crippen molar-refractivity contribution in [2.75, 3.05) is 0 Å². The highest BCUT2D eigenvalue weighted by Crippen LogP contribution is 2.41. The van der Waals surface area contributed by atoms with Gasteiger partial charge in [0.15, 0.2) is 0 Å². The number of benzene rings is 1. The summed E-state index contributed by atoms with van der Waals surface area (Å²) in [6.07, 6.45) is 2.27. The molecule has 3 nitrogen and oxygen atoms in total. The van der Waals surface area contributed by atoms with Crippen molar-refractivity contribution in [3.63, 3.8) is 0 Å². The molecule has 0 radical (unpaired) electrons. The zero-order valence-electron chi connectivity index (χ0n) is 8.57. The minimum Gasteiger partial charge on any atom is -0.423 e. The quantitative estimate of drug-likeness (QED) is 0.681. The van der Waals surface area contributed by atoms with Gasteiger partial charge in [0, 0.05) is 0 Å².